The lowest BCUT2D eigenvalue weighted by Gasteiger charge is -2.14. The van der Waals surface area contributed by atoms with Gasteiger partial charge in [-0.25, -0.2) is 4.79 Å². The molecule has 1 aliphatic carbocycles. The van der Waals surface area contributed by atoms with Crippen molar-refractivity contribution in [1.29, 1.82) is 0 Å². The molecule has 0 atom stereocenters. The maximum absolute atomic E-state index is 12.6. The Morgan fingerprint density at radius 1 is 1.25 bits per heavy atom. The molecule has 150 valence electrons. The molecular weight excluding hydrogens is 437 g/mol. The summed E-state index contributed by atoms with van der Waals surface area (Å²) >= 11 is 14.9. The van der Waals surface area contributed by atoms with Crippen molar-refractivity contribution in [2.45, 2.75) is 50.5 Å². The molecule has 0 saturated carbocycles. The predicted molar refractivity (Wildman–Crippen MR) is 117 cm³/mol. The van der Waals surface area contributed by atoms with Crippen molar-refractivity contribution in [3.05, 3.63) is 44.2 Å². The topological polar surface area (TPSA) is 55.4 Å². The molecule has 1 aromatic carbocycles. The van der Waals surface area contributed by atoms with E-state index in [-0.39, 0.29) is 23.7 Å². The second-order valence-corrected chi connectivity index (χ2v) is 9.75. The second kappa shape index (κ2) is 9.53. The highest BCUT2D eigenvalue weighted by molar-refractivity contribution is 8.00. The third-order valence-electron chi connectivity index (χ3n) is 4.22. The van der Waals surface area contributed by atoms with Gasteiger partial charge < -0.3 is 10.1 Å². The van der Waals surface area contributed by atoms with Crippen LogP contribution in [-0.4, -0.2) is 23.7 Å². The number of aryl methyl sites for hydroxylation is 1. The number of amides is 1. The van der Waals surface area contributed by atoms with Crippen LogP contribution in [0.15, 0.2) is 23.1 Å². The van der Waals surface area contributed by atoms with Gasteiger partial charge in [-0.15, -0.1) is 23.1 Å². The number of halogens is 2. The molecule has 0 fully saturated rings. The van der Waals surface area contributed by atoms with Crippen LogP contribution in [0.4, 0.5) is 5.00 Å². The highest BCUT2D eigenvalue weighted by Gasteiger charge is 2.27. The molecule has 2 aromatic rings. The first-order chi connectivity index (χ1) is 13.3. The minimum absolute atomic E-state index is 0.168. The number of anilines is 1. The molecule has 1 aromatic heterocycles. The van der Waals surface area contributed by atoms with Crippen molar-refractivity contribution in [2.75, 3.05) is 11.1 Å². The Morgan fingerprint density at radius 2 is 2.00 bits per heavy atom. The minimum atomic E-state index is -0.366. The van der Waals surface area contributed by atoms with Crippen LogP contribution in [0.1, 0.15) is 47.5 Å². The van der Waals surface area contributed by atoms with Gasteiger partial charge in [-0.1, -0.05) is 23.2 Å². The third kappa shape index (κ3) is 5.23. The monoisotopic (exact) mass is 457 g/mol. The van der Waals surface area contributed by atoms with Crippen LogP contribution >= 0.6 is 46.3 Å². The van der Waals surface area contributed by atoms with E-state index in [1.54, 1.807) is 18.2 Å². The van der Waals surface area contributed by atoms with E-state index < -0.39 is 0 Å². The molecule has 8 heteroatoms. The SMILES string of the molecule is CC(C)OC(=O)c1c(NC(=O)CSc2cc(Cl)ccc2Cl)sc2c1CCCC2. The summed E-state index contributed by atoms with van der Waals surface area (Å²) in [5.41, 5.74) is 1.55. The number of rotatable bonds is 6. The van der Waals surface area contributed by atoms with Gasteiger partial charge in [0.05, 0.1) is 22.4 Å². The Balaban J connectivity index is 1.75. The fourth-order valence-corrected chi connectivity index (χ4v) is 5.62. The number of benzene rings is 1. The molecule has 1 amide bonds. The average molecular weight is 458 g/mol. The van der Waals surface area contributed by atoms with E-state index in [1.165, 1.54) is 28.0 Å². The molecule has 1 heterocycles. The quantitative estimate of drug-likeness (QED) is 0.412. The number of esters is 1. The third-order valence-corrected chi connectivity index (χ3v) is 7.16. The molecule has 1 aliphatic rings. The van der Waals surface area contributed by atoms with Gasteiger partial charge in [-0.05, 0) is 63.3 Å². The van der Waals surface area contributed by atoms with Crippen LogP contribution < -0.4 is 5.32 Å². The first kappa shape index (κ1) is 21.5. The first-order valence-electron chi connectivity index (χ1n) is 9.08. The summed E-state index contributed by atoms with van der Waals surface area (Å²) < 4.78 is 5.42. The zero-order valence-electron chi connectivity index (χ0n) is 15.6. The lowest BCUT2D eigenvalue weighted by Crippen LogP contribution is -2.18. The number of nitrogens with one attached hydrogen (secondary N) is 1. The fraction of sp³-hybridized carbons (Fsp3) is 0.400. The van der Waals surface area contributed by atoms with Crippen LogP contribution in [0.25, 0.3) is 0 Å². The van der Waals surface area contributed by atoms with E-state index in [0.29, 0.717) is 20.6 Å². The van der Waals surface area contributed by atoms with E-state index in [2.05, 4.69) is 5.32 Å². The second-order valence-electron chi connectivity index (χ2n) is 6.78. The molecule has 28 heavy (non-hydrogen) atoms. The average Bonchev–Trinajstić information content (AvgIpc) is 2.99. The van der Waals surface area contributed by atoms with Crippen LogP contribution in [0, 0.1) is 0 Å². The van der Waals surface area contributed by atoms with Crippen molar-refractivity contribution < 1.29 is 14.3 Å². The molecule has 0 saturated heterocycles. The number of carbonyl (C=O) groups excluding carboxylic acids is 2. The molecule has 3 rings (SSSR count). The number of carbonyl (C=O) groups is 2. The van der Waals surface area contributed by atoms with Crippen molar-refractivity contribution in [2.24, 2.45) is 0 Å². The van der Waals surface area contributed by atoms with Crippen molar-refractivity contribution in [3.63, 3.8) is 0 Å². The smallest absolute Gasteiger partial charge is 0.341 e. The summed E-state index contributed by atoms with van der Waals surface area (Å²) in [7, 11) is 0. The number of hydrogen-bond acceptors (Lipinski definition) is 5. The molecular formula is C20H21Cl2NO3S2. The number of thiophene rings is 1. The molecule has 0 spiro atoms. The number of fused-ring (bicyclic) bond motifs is 1. The van der Waals surface area contributed by atoms with Crippen molar-refractivity contribution in [1.82, 2.24) is 0 Å². The number of ether oxygens (including phenoxy) is 1. The van der Waals surface area contributed by atoms with E-state index in [1.807, 2.05) is 13.8 Å². The number of thioether (sulfide) groups is 1. The Labute approximate surface area is 182 Å². The Hall–Kier alpha value is -1.21. The summed E-state index contributed by atoms with van der Waals surface area (Å²) in [5.74, 6) is -0.394. The highest BCUT2D eigenvalue weighted by atomic mass is 35.5. The van der Waals surface area contributed by atoms with E-state index in [9.17, 15) is 9.59 Å². The summed E-state index contributed by atoms with van der Waals surface area (Å²) in [6, 6.07) is 5.14. The van der Waals surface area contributed by atoms with Gasteiger partial charge in [0.15, 0.2) is 0 Å². The van der Waals surface area contributed by atoms with Gasteiger partial charge in [-0.2, -0.15) is 0 Å². The van der Waals surface area contributed by atoms with Gasteiger partial charge in [0, 0.05) is 14.8 Å². The largest absolute Gasteiger partial charge is 0.459 e. The van der Waals surface area contributed by atoms with Gasteiger partial charge >= 0.3 is 5.97 Å². The van der Waals surface area contributed by atoms with Gasteiger partial charge in [0.25, 0.3) is 0 Å². The Kier molecular flexibility index (Phi) is 7.31. The molecule has 4 nitrogen and oxygen atoms in total. The van der Waals surface area contributed by atoms with Gasteiger partial charge in [0.1, 0.15) is 5.00 Å². The molecule has 0 radical (unpaired) electrons. The van der Waals surface area contributed by atoms with Crippen LogP contribution in [0.2, 0.25) is 10.0 Å². The van der Waals surface area contributed by atoms with Crippen LogP contribution in [0.3, 0.4) is 0 Å². The first-order valence-corrected chi connectivity index (χ1v) is 11.6. The van der Waals surface area contributed by atoms with Crippen molar-refractivity contribution >= 4 is 63.2 Å². The lowest BCUT2D eigenvalue weighted by molar-refractivity contribution is -0.113. The molecule has 0 bridgehead atoms. The minimum Gasteiger partial charge on any atom is -0.459 e. The van der Waals surface area contributed by atoms with E-state index in [4.69, 9.17) is 27.9 Å². The summed E-state index contributed by atoms with van der Waals surface area (Å²) in [4.78, 5) is 27.1. The highest BCUT2D eigenvalue weighted by Crippen LogP contribution is 2.39. The van der Waals surface area contributed by atoms with Gasteiger partial charge in [0.2, 0.25) is 5.91 Å². The summed E-state index contributed by atoms with van der Waals surface area (Å²) in [6.07, 6.45) is 3.71. The Bertz CT molecular complexity index is 896. The van der Waals surface area contributed by atoms with E-state index >= 15 is 0 Å². The molecule has 1 N–H and O–H groups in total. The van der Waals surface area contributed by atoms with Crippen LogP contribution in [-0.2, 0) is 22.4 Å². The summed E-state index contributed by atoms with van der Waals surface area (Å²) in [6.45, 7) is 3.64. The van der Waals surface area contributed by atoms with E-state index in [0.717, 1.165) is 36.1 Å². The standard InChI is InChI=1S/C20H21Cl2NO3S2/c1-11(2)26-20(25)18-13-5-3-4-6-15(13)28-19(18)23-17(24)10-27-16-9-12(21)7-8-14(16)22/h7-9,11H,3-6,10H2,1-2H3,(H,23,24). The molecule has 0 unspecified atom stereocenters. The molecule has 0 aliphatic heterocycles. The fourth-order valence-electron chi connectivity index (χ4n) is 3.04. The maximum atomic E-state index is 12.6. The predicted octanol–water partition coefficient (Wildman–Crippen LogP) is 6.23. The number of hydrogen-bond donors (Lipinski definition) is 1. The zero-order chi connectivity index (χ0) is 20.3. The van der Waals surface area contributed by atoms with Gasteiger partial charge in [-0.3, -0.25) is 4.79 Å². The normalized spacial score (nSPS) is 13.3. The summed E-state index contributed by atoms with van der Waals surface area (Å²) in [5, 5.41) is 4.61. The van der Waals surface area contributed by atoms with Crippen molar-refractivity contribution in [3.8, 4) is 0 Å². The Morgan fingerprint density at radius 3 is 2.75 bits per heavy atom. The lowest BCUT2D eigenvalue weighted by atomic mass is 9.95. The van der Waals surface area contributed by atoms with Crippen LogP contribution in [0.5, 0.6) is 0 Å². The maximum Gasteiger partial charge on any atom is 0.341 e. The zero-order valence-corrected chi connectivity index (χ0v) is 18.8.